The lowest BCUT2D eigenvalue weighted by Crippen LogP contribution is -2.32. The van der Waals surface area contributed by atoms with Crippen molar-refractivity contribution >= 4 is 48.7 Å². The molecule has 0 radical (unpaired) electrons. The van der Waals surface area contributed by atoms with Gasteiger partial charge in [0.25, 0.3) is 0 Å². The number of rotatable bonds is 3. The number of carboxylic acid groups (broad SMARTS) is 1. The molecule has 2 aromatic rings. The molecular weight excluding hydrogens is 352 g/mol. The highest BCUT2D eigenvalue weighted by Crippen LogP contribution is 2.30. The molecular formula is C11H10Br2N2O2. The van der Waals surface area contributed by atoms with Crippen LogP contribution < -0.4 is 5.73 Å². The molecule has 0 spiro atoms. The molecule has 1 aromatic heterocycles. The van der Waals surface area contributed by atoms with Gasteiger partial charge in [0.15, 0.2) is 0 Å². The molecule has 1 unspecified atom stereocenters. The standard InChI is InChI=1S/C11H10Br2N2O2/c12-7-2-6-5(1-9(14)11(16)17)4-15-10(6)3-8(7)13/h2-4,9,15H,1,14H2,(H,16,17). The number of hydrogen-bond donors (Lipinski definition) is 3. The van der Waals surface area contributed by atoms with Crippen LogP contribution in [0, 0.1) is 0 Å². The topological polar surface area (TPSA) is 79.1 Å². The maximum atomic E-state index is 10.7. The normalized spacial score (nSPS) is 12.9. The molecule has 0 saturated carbocycles. The van der Waals surface area contributed by atoms with E-state index in [1.165, 1.54) is 0 Å². The Kier molecular flexibility index (Phi) is 3.56. The van der Waals surface area contributed by atoms with E-state index in [9.17, 15) is 4.79 Å². The second-order valence-corrected chi connectivity index (χ2v) is 5.48. The number of hydrogen-bond acceptors (Lipinski definition) is 2. The van der Waals surface area contributed by atoms with Gasteiger partial charge in [-0.05, 0) is 49.6 Å². The molecule has 0 amide bonds. The van der Waals surface area contributed by atoms with Gasteiger partial charge in [-0.2, -0.15) is 0 Å². The van der Waals surface area contributed by atoms with E-state index in [0.717, 1.165) is 25.4 Å². The summed E-state index contributed by atoms with van der Waals surface area (Å²) in [5.41, 5.74) is 7.39. The Hall–Kier alpha value is -0.850. The van der Waals surface area contributed by atoms with Gasteiger partial charge in [0, 0.05) is 32.5 Å². The first-order chi connectivity index (χ1) is 7.99. The predicted octanol–water partition coefficient (Wildman–Crippen LogP) is 2.65. The molecule has 2 rings (SSSR count). The van der Waals surface area contributed by atoms with Crippen LogP contribution in [0.5, 0.6) is 0 Å². The van der Waals surface area contributed by atoms with Gasteiger partial charge in [-0.25, -0.2) is 0 Å². The highest BCUT2D eigenvalue weighted by Gasteiger charge is 2.15. The zero-order valence-electron chi connectivity index (χ0n) is 8.71. The summed E-state index contributed by atoms with van der Waals surface area (Å²) >= 11 is 6.84. The third kappa shape index (κ3) is 2.53. The van der Waals surface area contributed by atoms with Gasteiger partial charge < -0.3 is 15.8 Å². The minimum Gasteiger partial charge on any atom is -0.480 e. The van der Waals surface area contributed by atoms with E-state index in [4.69, 9.17) is 10.8 Å². The Morgan fingerprint density at radius 2 is 2.06 bits per heavy atom. The Morgan fingerprint density at radius 3 is 2.71 bits per heavy atom. The van der Waals surface area contributed by atoms with Gasteiger partial charge >= 0.3 is 5.97 Å². The van der Waals surface area contributed by atoms with E-state index in [0.29, 0.717) is 6.42 Å². The number of H-pyrrole nitrogens is 1. The fourth-order valence-corrected chi connectivity index (χ4v) is 2.35. The maximum absolute atomic E-state index is 10.7. The summed E-state index contributed by atoms with van der Waals surface area (Å²) in [5, 5.41) is 9.78. The monoisotopic (exact) mass is 360 g/mol. The molecule has 0 bridgehead atoms. The molecule has 0 fully saturated rings. The summed E-state index contributed by atoms with van der Waals surface area (Å²) in [6.07, 6.45) is 2.11. The summed E-state index contributed by atoms with van der Waals surface area (Å²) in [6.45, 7) is 0. The van der Waals surface area contributed by atoms with Crippen LogP contribution in [0.15, 0.2) is 27.3 Å². The largest absolute Gasteiger partial charge is 0.480 e. The van der Waals surface area contributed by atoms with Crippen molar-refractivity contribution in [3.63, 3.8) is 0 Å². The van der Waals surface area contributed by atoms with Crippen LogP contribution in [0.4, 0.5) is 0 Å². The summed E-state index contributed by atoms with van der Waals surface area (Å²) < 4.78 is 1.87. The number of carboxylic acids is 1. The van der Waals surface area contributed by atoms with Crippen molar-refractivity contribution in [1.29, 1.82) is 0 Å². The van der Waals surface area contributed by atoms with Crippen molar-refractivity contribution in [2.45, 2.75) is 12.5 Å². The molecule has 6 heteroatoms. The number of halogens is 2. The predicted molar refractivity (Wildman–Crippen MR) is 73.0 cm³/mol. The highest BCUT2D eigenvalue weighted by atomic mass is 79.9. The molecule has 4 nitrogen and oxygen atoms in total. The third-order valence-electron chi connectivity index (χ3n) is 2.57. The average Bonchev–Trinajstić information content (AvgIpc) is 2.62. The fraction of sp³-hybridized carbons (Fsp3) is 0.182. The van der Waals surface area contributed by atoms with Crippen LogP contribution in [0.1, 0.15) is 5.56 Å². The minimum absolute atomic E-state index is 0.309. The Morgan fingerprint density at radius 1 is 1.41 bits per heavy atom. The van der Waals surface area contributed by atoms with Crippen LogP contribution in [-0.4, -0.2) is 22.1 Å². The highest BCUT2D eigenvalue weighted by molar-refractivity contribution is 9.13. The molecule has 1 heterocycles. The van der Waals surface area contributed by atoms with Gasteiger partial charge in [0.2, 0.25) is 0 Å². The van der Waals surface area contributed by atoms with Crippen molar-refractivity contribution in [2.24, 2.45) is 5.73 Å². The maximum Gasteiger partial charge on any atom is 0.320 e. The van der Waals surface area contributed by atoms with Gasteiger partial charge in [-0.1, -0.05) is 0 Å². The number of aromatic amines is 1. The number of aliphatic carboxylic acids is 1. The Labute approximate surface area is 114 Å². The van der Waals surface area contributed by atoms with Crippen LogP contribution in [0.25, 0.3) is 10.9 Å². The van der Waals surface area contributed by atoms with Gasteiger partial charge in [0.1, 0.15) is 6.04 Å². The molecule has 1 aromatic carbocycles. The molecule has 17 heavy (non-hydrogen) atoms. The summed E-state index contributed by atoms with van der Waals surface area (Å²) in [6, 6.07) is 3.01. The lowest BCUT2D eigenvalue weighted by molar-refractivity contribution is -0.138. The Bertz CT molecular complexity index is 580. The van der Waals surface area contributed by atoms with E-state index in [1.54, 1.807) is 6.20 Å². The fourth-order valence-electron chi connectivity index (χ4n) is 1.67. The van der Waals surface area contributed by atoms with Crippen LogP contribution >= 0.6 is 31.9 Å². The third-order valence-corrected chi connectivity index (χ3v) is 4.41. The van der Waals surface area contributed by atoms with Gasteiger partial charge in [-0.3, -0.25) is 4.79 Å². The van der Waals surface area contributed by atoms with E-state index in [2.05, 4.69) is 36.8 Å². The summed E-state index contributed by atoms with van der Waals surface area (Å²) in [5.74, 6) is -0.990. The zero-order chi connectivity index (χ0) is 12.6. The molecule has 0 saturated heterocycles. The molecule has 0 aliphatic carbocycles. The van der Waals surface area contributed by atoms with Crippen LogP contribution in [0.3, 0.4) is 0 Å². The first-order valence-electron chi connectivity index (χ1n) is 4.92. The van der Waals surface area contributed by atoms with E-state index in [1.807, 2.05) is 12.1 Å². The lowest BCUT2D eigenvalue weighted by atomic mass is 10.1. The molecule has 4 N–H and O–H groups in total. The molecule has 0 aliphatic heterocycles. The quantitative estimate of drug-likeness (QED) is 0.786. The minimum atomic E-state index is -0.990. The summed E-state index contributed by atoms with van der Waals surface area (Å²) in [7, 11) is 0. The van der Waals surface area contributed by atoms with Crippen molar-refractivity contribution in [2.75, 3.05) is 0 Å². The second kappa shape index (κ2) is 4.80. The van der Waals surface area contributed by atoms with E-state index >= 15 is 0 Å². The Balaban J connectivity index is 2.42. The van der Waals surface area contributed by atoms with Crippen molar-refractivity contribution < 1.29 is 9.90 Å². The van der Waals surface area contributed by atoms with E-state index < -0.39 is 12.0 Å². The second-order valence-electron chi connectivity index (χ2n) is 3.77. The number of fused-ring (bicyclic) bond motifs is 1. The molecule has 0 aliphatic rings. The van der Waals surface area contributed by atoms with Crippen LogP contribution in [0.2, 0.25) is 0 Å². The van der Waals surface area contributed by atoms with Crippen LogP contribution in [-0.2, 0) is 11.2 Å². The van der Waals surface area contributed by atoms with Crippen molar-refractivity contribution in [3.05, 3.63) is 32.8 Å². The smallest absolute Gasteiger partial charge is 0.320 e. The van der Waals surface area contributed by atoms with E-state index in [-0.39, 0.29) is 0 Å². The molecule has 90 valence electrons. The number of nitrogens with one attached hydrogen (secondary N) is 1. The van der Waals surface area contributed by atoms with Gasteiger partial charge in [-0.15, -0.1) is 0 Å². The number of benzene rings is 1. The molecule has 1 atom stereocenters. The first kappa shape index (κ1) is 12.6. The number of carbonyl (C=O) groups is 1. The first-order valence-corrected chi connectivity index (χ1v) is 6.51. The lowest BCUT2D eigenvalue weighted by Gasteiger charge is -2.05. The van der Waals surface area contributed by atoms with Crippen molar-refractivity contribution in [3.8, 4) is 0 Å². The van der Waals surface area contributed by atoms with Crippen molar-refractivity contribution in [1.82, 2.24) is 4.98 Å². The number of aromatic nitrogens is 1. The zero-order valence-corrected chi connectivity index (χ0v) is 11.9. The number of nitrogens with two attached hydrogens (primary N) is 1. The van der Waals surface area contributed by atoms with Gasteiger partial charge in [0.05, 0.1) is 0 Å². The average molecular weight is 362 g/mol. The summed E-state index contributed by atoms with van der Waals surface area (Å²) in [4.78, 5) is 13.8. The SMILES string of the molecule is NC(Cc1c[nH]c2cc(Br)c(Br)cc12)C(=O)O.